The van der Waals surface area contributed by atoms with E-state index in [1.54, 1.807) is 12.1 Å². The van der Waals surface area contributed by atoms with Crippen molar-refractivity contribution < 1.29 is 23.8 Å². The summed E-state index contributed by atoms with van der Waals surface area (Å²) >= 11 is 11.6. The average molecular weight is 524 g/mol. The van der Waals surface area contributed by atoms with E-state index in [-0.39, 0.29) is 35.7 Å². The van der Waals surface area contributed by atoms with Crippen molar-refractivity contribution in [1.29, 1.82) is 0 Å². The van der Waals surface area contributed by atoms with Crippen LogP contribution in [0.3, 0.4) is 0 Å². The van der Waals surface area contributed by atoms with Crippen LogP contribution in [0, 0.1) is 5.82 Å². The third-order valence-corrected chi connectivity index (χ3v) is 7.58. The largest absolute Gasteiger partial charge is 0.484 e. The molecule has 7 nitrogen and oxygen atoms in total. The van der Waals surface area contributed by atoms with Gasteiger partial charge in [-0.15, -0.1) is 0 Å². The summed E-state index contributed by atoms with van der Waals surface area (Å²) in [5.41, 5.74) is -0.403. The number of hydrogen-bond donors (Lipinski definition) is 3. The van der Waals surface area contributed by atoms with Gasteiger partial charge in [-0.25, -0.2) is 4.39 Å². The number of halogens is 3. The maximum absolute atomic E-state index is 13.6. The number of aliphatic hydroxyl groups is 1. The normalized spacial score (nSPS) is 25.1. The topological polar surface area (TPSA) is 90.9 Å². The maximum atomic E-state index is 13.6. The summed E-state index contributed by atoms with van der Waals surface area (Å²) in [4.78, 5) is 27.2. The molecule has 35 heavy (non-hydrogen) atoms. The lowest BCUT2D eigenvalue weighted by Crippen LogP contribution is -2.70. The van der Waals surface area contributed by atoms with Gasteiger partial charge in [0.15, 0.2) is 6.61 Å². The fraction of sp³-hybridized carbons (Fsp3) is 0.440. The molecular weight excluding hydrogens is 496 g/mol. The maximum Gasteiger partial charge on any atom is 0.258 e. The lowest BCUT2D eigenvalue weighted by molar-refractivity contribution is -0.135. The van der Waals surface area contributed by atoms with Gasteiger partial charge in [0, 0.05) is 29.4 Å². The van der Waals surface area contributed by atoms with Crippen molar-refractivity contribution in [3.05, 3.63) is 58.3 Å². The minimum absolute atomic E-state index is 0.0220. The van der Waals surface area contributed by atoms with E-state index >= 15 is 0 Å². The molecule has 2 bridgehead atoms. The van der Waals surface area contributed by atoms with Gasteiger partial charge in [-0.2, -0.15) is 0 Å². The molecule has 2 aromatic carbocycles. The Morgan fingerprint density at radius 1 is 1.09 bits per heavy atom. The summed E-state index contributed by atoms with van der Waals surface area (Å²) in [6.07, 6.45) is 1.89. The SMILES string of the molecule is CN(CC(=O)NC12CCC(NC(=O)COc3ccc(Cl)c(F)c3)(CC1)C[C@@H]2O)c1ccc(Cl)cc1. The van der Waals surface area contributed by atoms with E-state index in [9.17, 15) is 19.1 Å². The Labute approximate surface area is 213 Å². The highest BCUT2D eigenvalue weighted by atomic mass is 35.5. The Kier molecular flexibility index (Phi) is 7.45. The van der Waals surface area contributed by atoms with Crippen LogP contribution in [-0.2, 0) is 9.59 Å². The zero-order valence-corrected chi connectivity index (χ0v) is 20.8. The lowest BCUT2D eigenvalue weighted by Gasteiger charge is -2.56. The number of anilines is 1. The van der Waals surface area contributed by atoms with E-state index in [1.165, 1.54) is 12.1 Å². The summed E-state index contributed by atoms with van der Waals surface area (Å²) in [5, 5.41) is 17.6. The monoisotopic (exact) mass is 523 g/mol. The number of benzene rings is 2. The fourth-order valence-electron chi connectivity index (χ4n) is 5.03. The van der Waals surface area contributed by atoms with Gasteiger partial charge in [0.2, 0.25) is 5.91 Å². The lowest BCUT2D eigenvalue weighted by atomic mass is 9.60. The van der Waals surface area contributed by atoms with E-state index < -0.39 is 23.0 Å². The summed E-state index contributed by atoms with van der Waals surface area (Å²) in [6.45, 7) is -0.140. The number of amides is 2. The first-order valence-electron chi connectivity index (χ1n) is 11.4. The molecule has 3 aliphatic rings. The molecule has 0 heterocycles. The van der Waals surface area contributed by atoms with E-state index in [2.05, 4.69) is 10.6 Å². The molecule has 3 saturated carbocycles. The van der Waals surface area contributed by atoms with Crippen molar-refractivity contribution in [3.8, 4) is 5.75 Å². The molecule has 0 aliphatic heterocycles. The van der Waals surface area contributed by atoms with E-state index in [0.717, 1.165) is 11.8 Å². The molecule has 0 unspecified atom stereocenters. The molecule has 188 valence electrons. The van der Waals surface area contributed by atoms with Gasteiger partial charge >= 0.3 is 0 Å². The minimum Gasteiger partial charge on any atom is -0.484 e. The number of carbonyl (C=O) groups excluding carboxylic acids is 2. The van der Waals surface area contributed by atoms with Crippen LogP contribution >= 0.6 is 23.2 Å². The fourth-order valence-corrected chi connectivity index (χ4v) is 5.27. The van der Waals surface area contributed by atoms with Crippen molar-refractivity contribution in [2.75, 3.05) is 25.1 Å². The van der Waals surface area contributed by atoms with Gasteiger partial charge in [-0.05, 0) is 68.5 Å². The second kappa shape index (κ2) is 10.2. The van der Waals surface area contributed by atoms with Gasteiger partial charge in [0.1, 0.15) is 11.6 Å². The molecule has 2 aromatic rings. The number of ether oxygens (including phenoxy) is 1. The zero-order chi connectivity index (χ0) is 25.2. The number of likely N-dealkylation sites (N-methyl/N-ethyl adjacent to an activating group) is 1. The standard InChI is InChI=1S/C25H28Cl2FN3O4/c1-31(17-4-2-16(26)3-5-17)14-22(33)30-25-10-8-24(9-11-25,13-21(25)32)29-23(34)15-35-18-6-7-19(27)20(28)12-18/h2-7,12,21,32H,8-11,13-15H2,1H3,(H,29,34)(H,30,33)/t21-,24?,25?/m0/s1. The van der Waals surface area contributed by atoms with Crippen molar-refractivity contribution in [2.24, 2.45) is 0 Å². The molecule has 0 spiro atoms. The molecule has 0 saturated heterocycles. The molecular formula is C25H28Cl2FN3O4. The highest BCUT2D eigenvalue weighted by Gasteiger charge is 2.55. The second-order valence-electron chi connectivity index (χ2n) is 9.45. The van der Waals surface area contributed by atoms with E-state index in [0.29, 0.717) is 37.1 Å². The number of carbonyl (C=O) groups is 2. The molecule has 5 rings (SSSR count). The van der Waals surface area contributed by atoms with Gasteiger partial charge in [0.05, 0.1) is 23.2 Å². The molecule has 0 aromatic heterocycles. The predicted molar refractivity (Wildman–Crippen MR) is 132 cm³/mol. The Balaban J connectivity index is 1.29. The van der Waals surface area contributed by atoms with Crippen molar-refractivity contribution in [3.63, 3.8) is 0 Å². The zero-order valence-electron chi connectivity index (χ0n) is 19.3. The average Bonchev–Trinajstić information content (AvgIpc) is 2.81. The molecule has 10 heteroatoms. The Bertz CT molecular complexity index is 1090. The number of fused-ring (bicyclic) bond motifs is 3. The molecule has 3 aliphatic carbocycles. The van der Waals surface area contributed by atoms with E-state index in [1.807, 2.05) is 24.1 Å². The number of hydrogen-bond acceptors (Lipinski definition) is 5. The first-order chi connectivity index (χ1) is 16.6. The van der Waals surface area contributed by atoms with E-state index in [4.69, 9.17) is 27.9 Å². The number of rotatable bonds is 8. The number of nitrogens with zero attached hydrogens (tertiary/aromatic N) is 1. The van der Waals surface area contributed by atoms with Crippen LogP contribution in [0.25, 0.3) is 0 Å². The summed E-state index contributed by atoms with van der Waals surface area (Å²) in [5.74, 6) is -0.945. The number of nitrogens with one attached hydrogen (secondary N) is 2. The Hall–Kier alpha value is -2.55. The van der Waals surface area contributed by atoms with Crippen molar-refractivity contribution >= 4 is 40.7 Å². The quantitative estimate of drug-likeness (QED) is 0.490. The first-order valence-corrected chi connectivity index (χ1v) is 12.2. The van der Waals surface area contributed by atoms with Gasteiger partial charge in [-0.1, -0.05) is 23.2 Å². The summed E-state index contributed by atoms with van der Waals surface area (Å²) in [7, 11) is 1.82. The molecule has 3 fully saturated rings. The second-order valence-corrected chi connectivity index (χ2v) is 10.3. The smallest absolute Gasteiger partial charge is 0.258 e. The third kappa shape index (κ3) is 5.82. The molecule has 2 amide bonds. The third-order valence-electron chi connectivity index (χ3n) is 7.02. The molecule has 0 radical (unpaired) electrons. The van der Waals surface area contributed by atoms with Crippen molar-refractivity contribution in [2.45, 2.75) is 49.3 Å². The van der Waals surface area contributed by atoms with Crippen LogP contribution in [0.5, 0.6) is 5.75 Å². The Morgan fingerprint density at radius 2 is 1.77 bits per heavy atom. The molecule has 1 atom stereocenters. The first kappa shape index (κ1) is 25.5. The summed E-state index contributed by atoms with van der Waals surface area (Å²) in [6, 6.07) is 11.2. The summed E-state index contributed by atoms with van der Waals surface area (Å²) < 4.78 is 18.9. The Morgan fingerprint density at radius 3 is 2.40 bits per heavy atom. The van der Waals surface area contributed by atoms with Crippen LogP contribution in [0.2, 0.25) is 10.0 Å². The number of aliphatic hydroxyl groups excluding tert-OH is 1. The highest BCUT2D eigenvalue weighted by molar-refractivity contribution is 6.31. The van der Waals surface area contributed by atoms with Crippen molar-refractivity contribution in [1.82, 2.24) is 10.6 Å². The van der Waals surface area contributed by atoms with Gasteiger partial charge in [0.25, 0.3) is 5.91 Å². The minimum atomic E-state index is -0.790. The predicted octanol–water partition coefficient (Wildman–Crippen LogP) is 3.70. The van der Waals surface area contributed by atoms with Crippen LogP contribution in [0.4, 0.5) is 10.1 Å². The van der Waals surface area contributed by atoms with Crippen LogP contribution < -0.4 is 20.3 Å². The van der Waals surface area contributed by atoms with Crippen LogP contribution in [-0.4, -0.2) is 54.3 Å². The van der Waals surface area contributed by atoms with Gasteiger partial charge in [-0.3, -0.25) is 9.59 Å². The van der Waals surface area contributed by atoms with Gasteiger partial charge < -0.3 is 25.4 Å². The van der Waals surface area contributed by atoms with Crippen LogP contribution in [0.15, 0.2) is 42.5 Å². The van der Waals surface area contributed by atoms with Crippen LogP contribution in [0.1, 0.15) is 32.1 Å². The molecule has 3 N–H and O–H groups in total. The highest BCUT2D eigenvalue weighted by Crippen LogP contribution is 2.47.